The Kier molecular flexibility index (Phi) is 5.18. The van der Waals surface area contributed by atoms with Crippen LogP contribution in [0.15, 0.2) is 66.0 Å². The lowest BCUT2D eigenvalue weighted by Crippen LogP contribution is -2.54. The molecular weight excluding hydrogens is 465 g/mol. The summed E-state index contributed by atoms with van der Waals surface area (Å²) in [6.07, 6.45) is 0. The van der Waals surface area contributed by atoms with Gasteiger partial charge in [-0.3, -0.25) is 0 Å². The normalized spacial score (nSPS) is 13.2. The molecule has 0 saturated heterocycles. The van der Waals surface area contributed by atoms with Crippen molar-refractivity contribution >= 4 is 87.7 Å². The molecule has 2 aromatic heterocycles. The maximum absolute atomic E-state index is 2.57. The highest BCUT2D eigenvalue weighted by Gasteiger charge is 2.45. The summed E-state index contributed by atoms with van der Waals surface area (Å²) < 4.78 is 4.50. The van der Waals surface area contributed by atoms with Crippen molar-refractivity contribution in [2.24, 2.45) is 0 Å². The average molecular weight is 497 g/mol. The summed E-state index contributed by atoms with van der Waals surface area (Å²) in [6.45, 7) is 14.8. The fourth-order valence-electron chi connectivity index (χ4n) is 6.93. The molecule has 0 radical (unpaired) electrons. The Hall–Kier alpha value is -2.20. The van der Waals surface area contributed by atoms with E-state index in [9.17, 15) is 0 Å². The van der Waals surface area contributed by atoms with Gasteiger partial charge in [-0.05, 0) is 106 Å². The third kappa shape index (κ3) is 3.06. The van der Waals surface area contributed by atoms with Crippen molar-refractivity contribution in [2.45, 2.75) is 58.2 Å². The Balaban J connectivity index is 1.63. The maximum Gasteiger partial charge on any atom is 0.107 e. The third-order valence-corrected chi connectivity index (χ3v) is 18.2. The number of rotatable bonds is 4. The van der Waals surface area contributed by atoms with Crippen molar-refractivity contribution < 1.29 is 0 Å². The minimum Gasteiger partial charge on any atom is -0.145 e. The zero-order chi connectivity index (χ0) is 23.8. The predicted molar refractivity (Wildman–Crippen MR) is 160 cm³/mol. The van der Waals surface area contributed by atoms with Crippen LogP contribution in [-0.2, 0) is 0 Å². The van der Waals surface area contributed by atoms with Crippen LogP contribution < -0.4 is 4.50 Å². The number of hydrogen-bond acceptors (Lipinski definition) is 2. The minimum atomic E-state index is -1.65. The van der Waals surface area contributed by atoms with Crippen LogP contribution in [0, 0.1) is 0 Å². The summed E-state index contributed by atoms with van der Waals surface area (Å²) >= 11 is 3.90. The van der Waals surface area contributed by atoms with Gasteiger partial charge in [0, 0.05) is 9.40 Å². The van der Waals surface area contributed by atoms with Gasteiger partial charge in [0.25, 0.3) is 0 Å². The second-order valence-corrected chi connectivity index (χ2v) is 19.1. The van der Waals surface area contributed by atoms with Gasteiger partial charge < -0.3 is 0 Å². The van der Waals surface area contributed by atoms with E-state index in [1.165, 1.54) is 52.5 Å². The molecule has 0 atom stereocenters. The van der Waals surface area contributed by atoms with Crippen LogP contribution >= 0.6 is 22.7 Å². The molecule has 6 rings (SSSR count). The lowest BCUT2D eigenvalue weighted by molar-refractivity contribution is 0.837. The molecule has 0 nitrogen and oxygen atoms in total. The van der Waals surface area contributed by atoms with Crippen molar-refractivity contribution in [1.29, 1.82) is 0 Å². The van der Waals surface area contributed by atoms with Crippen molar-refractivity contribution in [3.63, 3.8) is 0 Å². The molecule has 0 saturated carbocycles. The van der Waals surface area contributed by atoms with E-state index >= 15 is 0 Å². The molecule has 172 valence electrons. The van der Waals surface area contributed by atoms with Crippen molar-refractivity contribution in [1.82, 2.24) is 0 Å². The molecule has 0 spiro atoms. The number of hydrogen-bond donors (Lipinski definition) is 0. The topological polar surface area (TPSA) is 0 Å². The molecule has 0 amide bonds. The molecule has 0 aliphatic rings. The molecule has 34 heavy (non-hydrogen) atoms. The Bertz CT molecular complexity index is 1680. The Labute approximate surface area is 211 Å². The fraction of sp³-hybridized carbons (Fsp3) is 0.290. The molecule has 0 N–H and O–H groups in total. The van der Waals surface area contributed by atoms with E-state index in [1.807, 2.05) is 11.3 Å². The van der Waals surface area contributed by atoms with Crippen LogP contribution in [0.1, 0.15) is 41.5 Å². The average Bonchev–Trinajstić information content (AvgIpc) is 3.41. The molecule has 3 heteroatoms. The largest absolute Gasteiger partial charge is 0.145 e. The summed E-state index contributed by atoms with van der Waals surface area (Å²) in [7, 11) is -1.65. The van der Waals surface area contributed by atoms with E-state index in [4.69, 9.17) is 0 Å². The first-order valence-corrected chi connectivity index (χ1v) is 16.4. The first-order valence-electron chi connectivity index (χ1n) is 12.5. The molecule has 0 bridgehead atoms. The summed E-state index contributed by atoms with van der Waals surface area (Å²) in [5.41, 5.74) is 2.20. The van der Waals surface area contributed by atoms with Crippen molar-refractivity contribution in [3.05, 3.63) is 66.0 Å². The highest BCUT2D eigenvalue weighted by molar-refractivity contribution is 7.32. The van der Waals surface area contributed by atoms with Crippen molar-refractivity contribution in [2.75, 3.05) is 0 Å². The van der Waals surface area contributed by atoms with Gasteiger partial charge in [-0.15, -0.1) is 22.7 Å². The predicted octanol–water partition coefficient (Wildman–Crippen LogP) is 10.5. The van der Waals surface area contributed by atoms with Gasteiger partial charge in [-0.2, -0.15) is 0 Å². The van der Waals surface area contributed by atoms with E-state index in [2.05, 4.69) is 119 Å². The molecule has 0 aliphatic carbocycles. The van der Waals surface area contributed by atoms with Gasteiger partial charge in [0.15, 0.2) is 0 Å². The van der Waals surface area contributed by atoms with Crippen molar-refractivity contribution in [3.8, 4) is 0 Å². The van der Waals surface area contributed by atoms with Gasteiger partial charge in [0.2, 0.25) is 0 Å². The molecule has 0 fully saturated rings. The Morgan fingerprint density at radius 3 is 1.68 bits per heavy atom. The SMILES string of the molecule is CC(C)[Si](c1cc2cc3c(ccc4c5cc6ccsc6cc5ccc34)cc2s1)(C(C)C)C(C)C. The molecular formula is C31H32S2Si. The lowest BCUT2D eigenvalue weighted by Gasteiger charge is -2.42. The Morgan fingerprint density at radius 2 is 1.09 bits per heavy atom. The quantitative estimate of drug-likeness (QED) is 0.168. The molecule has 0 aliphatic heterocycles. The smallest absolute Gasteiger partial charge is 0.107 e. The van der Waals surface area contributed by atoms with Gasteiger partial charge in [-0.1, -0.05) is 65.8 Å². The monoisotopic (exact) mass is 496 g/mol. The fourth-order valence-corrected chi connectivity index (χ4v) is 17.9. The van der Waals surface area contributed by atoms with Gasteiger partial charge >= 0.3 is 0 Å². The van der Waals surface area contributed by atoms with Crippen LogP contribution in [-0.4, -0.2) is 8.07 Å². The number of benzene rings is 4. The molecule has 6 aromatic rings. The van der Waals surface area contributed by atoms with Crippen LogP contribution in [0.5, 0.6) is 0 Å². The molecule has 4 aromatic carbocycles. The van der Waals surface area contributed by atoms with E-state index in [0.717, 1.165) is 16.6 Å². The zero-order valence-corrected chi connectivity index (χ0v) is 23.5. The second-order valence-electron chi connectivity index (χ2n) is 10.9. The number of fused-ring (bicyclic) bond motifs is 7. The van der Waals surface area contributed by atoms with E-state index in [1.54, 1.807) is 4.50 Å². The minimum absolute atomic E-state index is 0.733. The molecule has 2 heterocycles. The summed E-state index contributed by atoms with van der Waals surface area (Å²) in [5, 5.41) is 13.1. The van der Waals surface area contributed by atoms with Gasteiger partial charge in [0.1, 0.15) is 8.07 Å². The summed E-state index contributed by atoms with van der Waals surface area (Å²) in [4.78, 5) is 0. The van der Waals surface area contributed by atoms with Gasteiger partial charge in [-0.25, -0.2) is 0 Å². The lowest BCUT2D eigenvalue weighted by atomic mass is 9.96. The standard InChI is InChI=1S/C31H32S2Si/c1-18(2)34(19(3)4,20(5)6)31-17-24-14-28-22(16-30(24)33-31)8-10-25-26(28)9-7-21-15-29-23(11-12-32-29)13-27(21)25/h7-20H,1-6H3. The first kappa shape index (κ1) is 22.3. The van der Waals surface area contributed by atoms with E-state index < -0.39 is 8.07 Å². The van der Waals surface area contributed by atoms with Crippen LogP contribution in [0.3, 0.4) is 0 Å². The summed E-state index contributed by atoms with van der Waals surface area (Å²) in [5.74, 6) is 0. The third-order valence-electron chi connectivity index (χ3n) is 8.34. The van der Waals surface area contributed by atoms with Crippen LogP contribution in [0.2, 0.25) is 16.6 Å². The first-order chi connectivity index (χ1) is 16.3. The molecule has 0 unspecified atom stereocenters. The maximum atomic E-state index is 2.57. The van der Waals surface area contributed by atoms with E-state index in [0.29, 0.717) is 0 Å². The number of thiophene rings is 2. The highest BCUT2D eigenvalue weighted by Crippen LogP contribution is 2.44. The second kappa shape index (κ2) is 7.91. The van der Waals surface area contributed by atoms with Crippen LogP contribution in [0.25, 0.3) is 52.5 Å². The summed E-state index contributed by atoms with van der Waals surface area (Å²) in [6, 6.07) is 23.8. The van der Waals surface area contributed by atoms with Crippen LogP contribution in [0.4, 0.5) is 0 Å². The van der Waals surface area contributed by atoms with E-state index in [-0.39, 0.29) is 0 Å². The zero-order valence-electron chi connectivity index (χ0n) is 20.9. The highest BCUT2D eigenvalue weighted by atomic mass is 32.1. The Morgan fingerprint density at radius 1 is 0.529 bits per heavy atom. The van der Waals surface area contributed by atoms with Gasteiger partial charge in [0.05, 0.1) is 0 Å².